The van der Waals surface area contributed by atoms with Gasteiger partial charge in [0, 0.05) is 18.1 Å². The van der Waals surface area contributed by atoms with Crippen molar-refractivity contribution in [3.63, 3.8) is 0 Å². The molecule has 1 heterocycles. The zero-order valence-corrected chi connectivity index (χ0v) is 18.0. The van der Waals surface area contributed by atoms with Gasteiger partial charge in [-0.05, 0) is 50.8 Å². The highest BCUT2D eigenvalue weighted by molar-refractivity contribution is 5.86. The van der Waals surface area contributed by atoms with E-state index in [0.29, 0.717) is 35.3 Å². The molecule has 0 saturated carbocycles. The van der Waals surface area contributed by atoms with Gasteiger partial charge in [0.25, 0.3) is 0 Å². The maximum Gasteiger partial charge on any atom is 0.513 e. The molecule has 0 bridgehead atoms. The summed E-state index contributed by atoms with van der Waals surface area (Å²) in [6, 6.07) is 7.37. The van der Waals surface area contributed by atoms with Crippen LogP contribution in [0.25, 0.3) is 16.7 Å². The molecule has 1 unspecified atom stereocenters. The molecule has 1 atom stereocenters. The molecule has 0 aliphatic heterocycles. The molecule has 1 aliphatic rings. The highest BCUT2D eigenvalue weighted by Crippen LogP contribution is 2.23. The molecule has 0 fully saturated rings. The van der Waals surface area contributed by atoms with E-state index >= 15 is 0 Å². The molecule has 9 nitrogen and oxygen atoms in total. The number of aliphatic hydroxyl groups is 1. The quantitative estimate of drug-likeness (QED) is 0.337. The molecule has 0 amide bonds. The van der Waals surface area contributed by atoms with E-state index in [1.165, 1.54) is 10.9 Å². The van der Waals surface area contributed by atoms with Crippen LogP contribution in [0.4, 0.5) is 4.79 Å². The van der Waals surface area contributed by atoms with Crippen molar-refractivity contribution < 1.29 is 28.9 Å². The van der Waals surface area contributed by atoms with Crippen LogP contribution >= 0.6 is 0 Å². The second-order valence-corrected chi connectivity index (χ2v) is 7.44. The molecule has 32 heavy (non-hydrogen) atoms. The van der Waals surface area contributed by atoms with Crippen molar-refractivity contribution in [2.24, 2.45) is 0 Å². The normalized spacial score (nSPS) is 15.6. The molecule has 9 heteroatoms. The summed E-state index contributed by atoms with van der Waals surface area (Å²) in [7, 11) is 0. The Labute approximate surface area is 185 Å². The first-order valence-corrected chi connectivity index (χ1v) is 10.5. The zero-order valence-electron chi connectivity index (χ0n) is 18.0. The number of carbonyl (C=O) groups is 2. The molecule has 0 saturated heterocycles. The first kappa shape index (κ1) is 23.2. The Bertz CT molecular complexity index is 1010. The summed E-state index contributed by atoms with van der Waals surface area (Å²) in [5, 5.41) is 19.0. The summed E-state index contributed by atoms with van der Waals surface area (Å²) in [5.41, 5.74) is 2.20. The minimum Gasteiger partial charge on any atom is -0.462 e. The Hall–Kier alpha value is -3.46. The molecular formula is C23H27N3O6. The molecule has 0 radical (unpaired) electrons. The van der Waals surface area contributed by atoms with Gasteiger partial charge in [-0.3, -0.25) is 0 Å². The second kappa shape index (κ2) is 11.2. The molecular weight excluding hydrogens is 414 g/mol. The SMILES string of the molecule is C=C(C)C(=O)OCCCCCCOC(=O)OC1=CCC(O)C(n2nc3ccccc3n2)=C1. The lowest BCUT2D eigenvalue weighted by Crippen LogP contribution is -2.20. The third kappa shape index (κ3) is 6.52. The number of aliphatic hydroxyl groups excluding tert-OH is 1. The second-order valence-electron chi connectivity index (χ2n) is 7.44. The summed E-state index contributed by atoms with van der Waals surface area (Å²) in [6.45, 7) is 5.71. The fourth-order valence-corrected chi connectivity index (χ4v) is 3.01. The minimum atomic E-state index is -0.810. The van der Waals surface area contributed by atoms with Gasteiger partial charge >= 0.3 is 12.1 Å². The number of hydrogen-bond donors (Lipinski definition) is 1. The van der Waals surface area contributed by atoms with Crippen LogP contribution in [0.2, 0.25) is 0 Å². The number of esters is 1. The number of hydrogen-bond acceptors (Lipinski definition) is 8. The zero-order chi connectivity index (χ0) is 22.9. The van der Waals surface area contributed by atoms with E-state index in [0.717, 1.165) is 19.3 Å². The first-order chi connectivity index (χ1) is 15.4. The van der Waals surface area contributed by atoms with Crippen LogP contribution < -0.4 is 0 Å². The fraction of sp³-hybridized carbons (Fsp3) is 0.391. The molecule has 1 aromatic heterocycles. The molecule has 1 aliphatic carbocycles. The topological polar surface area (TPSA) is 113 Å². The lowest BCUT2D eigenvalue weighted by molar-refractivity contribution is -0.139. The van der Waals surface area contributed by atoms with Gasteiger partial charge in [0.2, 0.25) is 0 Å². The molecule has 0 spiro atoms. The van der Waals surface area contributed by atoms with Crippen molar-refractivity contribution in [2.45, 2.75) is 45.1 Å². The molecule has 1 N–H and O–H groups in total. The number of aromatic nitrogens is 3. The number of ether oxygens (including phenoxy) is 3. The molecule has 1 aromatic carbocycles. The predicted molar refractivity (Wildman–Crippen MR) is 117 cm³/mol. The van der Waals surface area contributed by atoms with Crippen LogP contribution in [0.3, 0.4) is 0 Å². The van der Waals surface area contributed by atoms with E-state index in [1.54, 1.807) is 13.0 Å². The number of allylic oxidation sites excluding steroid dienone is 1. The number of rotatable bonds is 10. The van der Waals surface area contributed by atoms with E-state index in [9.17, 15) is 14.7 Å². The predicted octanol–water partition coefficient (Wildman–Crippen LogP) is 3.75. The van der Waals surface area contributed by atoms with Crippen LogP contribution in [-0.4, -0.2) is 51.5 Å². The summed E-state index contributed by atoms with van der Waals surface area (Å²) in [6.07, 6.45) is 4.88. The average molecular weight is 441 g/mol. The number of unbranched alkanes of at least 4 members (excludes halogenated alkanes) is 3. The summed E-state index contributed by atoms with van der Waals surface area (Å²) in [5.74, 6) is -0.106. The monoisotopic (exact) mass is 441 g/mol. The van der Waals surface area contributed by atoms with Crippen molar-refractivity contribution in [2.75, 3.05) is 13.2 Å². The van der Waals surface area contributed by atoms with Crippen LogP contribution in [0, 0.1) is 0 Å². The van der Waals surface area contributed by atoms with E-state index in [2.05, 4.69) is 16.8 Å². The lowest BCUT2D eigenvalue weighted by Gasteiger charge is -2.18. The number of carbonyl (C=O) groups excluding carboxylic acids is 2. The van der Waals surface area contributed by atoms with Crippen LogP contribution in [0.5, 0.6) is 0 Å². The lowest BCUT2D eigenvalue weighted by atomic mass is 10.1. The van der Waals surface area contributed by atoms with Gasteiger partial charge in [-0.15, -0.1) is 10.2 Å². The van der Waals surface area contributed by atoms with Gasteiger partial charge in [-0.1, -0.05) is 18.7 Å². The van der Waals surface area contributed by atoms with Crippen molar-refractivity contribution >= 4 is 28.9 Å². The highest BCUT2D eigenvalue weighted by Gasteiger charge is 2.21. The fourth-order valence-electron chi connectivity index (χ4n) is 3.01. The summed E-state index contributed by atoms with van der Waals surface area (Å²) in [4.78, 5) is 24.6. The van der Waals surface area contributed by atoms with Gasteiger partial charge in [-0.25, -0.2) is 9.59 Å². The van der Waals surface area contributed by atoms with Gasteiger partial charge in [0.05, 0.1) is 18.9 Å². The Kier molecular flexibility index (Phi) is 8.15. The largest absolute Gasteiger partial charge is 0.513 e. The smallest absolute Gasteiger partial charge is 0.462 e. The van der Waals surface area contributed by atoms with Crippen molar-refractivity contribution in [3.8, 4) is 0 Å². The third-order valence-electron chi connectivity index (χ3n) is 4.73. The Balaban J connectivity index is 1.39. The standard InChI is InChI=1S/C23H27N3O6/c1-16(2)22(28)30-13-7-3-4-8-14-31-23(29)32-17-11-12-21(27)20(15-17)26-24-18-9-5-6-10-19(18)25-26/h5-6,9-11,15,21,27H,1,3-4,7-8,12-14H2,2H3. The molecule has 3 rings (SSSR count). The molecule has 170 valence electrons. The first-order valence-electron chi connectivity index (χ1n) is 10.5. The highest BCUT2D eigenvalue weighted by atomic mass is 16.7. The summed E-state index contributed by atoms with van der Waals surface area (Å²) >= 11 is 0. The van der Waals surface area contributed by atoms with Gasteiger partial charge in [0.1, 0.15) is 22.9 Å². The van der Waals surface area contributed by atoms with Crippen LogP contribution in [0.1, 0.15) is 39.0 Å². The Morgan fingerprint density at radius 1 is 1.09 bits per heavy atom. The van der Waals surface area contributed by atoms with E-state index < -0.39 is 12.3 Å². The van der Waals surface area contributed by atoms with Crippen LogP contribution in [0.15, 0.2) is 54.3 Å². The maximum atomic E-state index is 12.0. The Morgan fingerprint density at radius 2 is 1.72 bits per heavy atom. The number of nitrogens with zero attached hydrogens (tertiary/aromatic N) is 3. The van der Waals surface area contributed by atoms with Gasteiger partial charge in [0.15, 0.2) is 0 Å². The number of fused-ring (bicyclic) bond motifs is 1. The van der Waals surface area contributed by atoms with Crippen molar-refractivity contribution in [3.05, 3.63) is 54.3 Å². The van der Waals surface area contributed by atoms with Gasteiger partial charge in [-0.2, -0.15) is 4.80 Å². The maximum absolute atomic E-state index is 12.0. The Morgan fingerprint density at radius 3 is 2.34 bits per heavy atom. The van der Waals surface area contributed by atoms with Gasteiger partial charge < -0.3 is 19.3 Å². The van der Waals surface area contributed by atoms with Crippen LogP contribution in [-0.2, 0) is 19.0 Å². The number of benzene rings is 1. The van der Waals surface area contributed by atoms with E-state index in [4.69, 9.17) is 14.2 Å². The minimum absolute atomic E-state index is 0.225. The average Bonchev–Trinajstić information content (AvgIpc) is 3.20. The molecule has 2 aromatic rings. The third-order valence-corrected chi connectivity index (χ3v) is 4.73. The summed E-state index contributed by atoms with van der Waals surface area (Å²) < 4.78 is 15.4. The van der Waals surface area contributed by atoms with E-state index in [-0.39, 0.29) is 24.8 Å². The van der Waals surface area contributed by atoms with Crippen molar-refractivity contribution in [1.29, 1.82) is 0 Å². The van der Waals surface area contributed by atoms with E-state index in [1.807, 2.05) is 24.3 Å². The van der Waals surface area contributed by atoms with Crippen molar-refractivity contribution in [1.82, 2.24) is 15.0 Å².